The molecule has 0 saturated heterocycles. The summed E-state index contributed by atoms with van der Waals surface area (Å²) in [6.07, 6.45) is -0.948. The molecule has 0 aromatic rings. The van der Waals surface area contributed by atoms with Crippen LogP contribution >= 0.6 is 15.2 Å². The molecule has 0 radical (unpaired) electrons. The van der Waals surface area contributed by atoms with Crippen LogP contribution in [0.25, 0.3) is 0 Å². The fourth-order valence-corrected chi connectivity index (χ4v) is 2.39. The van der Waals surface area contributed by atoms with Crippen molar-refractivity contribution < 1.29 is 46.7 Å². The number of carbonyl (C=O) groups is 2. The van der Waals surface area contributed by atoms with Crippen LogP contribution in [0.2, 0.25) is 0 Å². The SMILES string of the molecule is COC(=O)CP(=O)(OC)OC.COP(=O)(CC(=O)O)OC. The van der Waals surface area contributed by atoms with Gasteiger partial charge in [0.05, 0.1) is 7.11 Å². The van der Waals surface area contributed by atoms with Gasteiger partial charge in [0.25, 0.3) is 0 Å². The lowest BCUT2D eigenvalue weighted by molar-refractivity contribution is -0.138. The number of carboxylic acid groups (broad SMARTS) is 1. The second-order valence-corrected chi connectivity index (χ2v) is 7.77. The highest BCUT2D eigenvalue weighted by Crippen LogP contribution is 2.46. The number of aliphatic carboxylic acids is 1. The normalized spacial score (nSPS) is 11.3. The van der Waals surface area contributed by atoms with E-state index in [-0.39, 0.29) is 6.16 Å². The molecule has 1 N–H and O–H groups in total. The van der Waals surface area contributed by atoms with Crippen molar-refractivity contribution >= 4 is 27.1 Å². The number of carboxylic acids is 1. The monoisotopic (exact) mass is 350 g/mol. The van der Waals surface area contributed by atoms with Gasteiger partial charge in [0.15, 0.2) is 0 Å². The standard InChI is InChI=1S/C5H11O5P.C4H9O5P/c1-8-5(6)4-11(7,9-2)10-3;1-8-10(7,9-2)3-4(5)6/h4H2,1-3H3;3H2,1-2H3,(H,5,6). The van der Waals surface area contributed by atoms with Crippen molar-refractivity contribution in [3.63, 3.8) is 0 Å². The van der Waals surface area contributed by atoms with Gasteiger partial charge in [0, 0.05) is 28.4 Å². The molecular weight excluding hydrogens is 330 g/mol. The molecule has 126 valence electrons. The molecule has 10 nitrogen and oxygen atoms in total. The highest BCUT2D eigenvalue weighted by atomic mass is 31.2. The number of carbonyl (C=O) groups excluding carboxylic acids is 1. The summed E-state index contributed by atoms with van der Waals surface area (Å²) in [7, 11) is -0.636. The minimum Gasteiger partial charge on any atom is -0.481 e. The smallest absolute Gasteiger partial charge is 0.341 e. The first-order valence-electron chi connectivity index (χ1n) is 5.31. The Balaban J connectivity index is 0. The predicted molar refractivity (Wildman–Crippen MR) is 72.6 cm³/mol. The molecule has 0 bridgehead atoms. The summed E-state index contributed by atoms with van der Waals surface area (Å²) in [5, 5.41) is 8.18. The van der Waals surface area contributed by atoms with E-state index in [1.807, 2.05) is 0 Å². The molecule has 21 heavy (non-hydrogen) atoms. The minimum absolute atomic E-state index is 0.351. The van der Waals surface area contributed by atoms with Gasteiger partial charge in [-0.15, -0.1) is 0 Å². The van der Waals surface area contributed by atoms with Crippen molar-refractivity contribution in [3.8, 4) is 0 Å². The van der Waals surface area contributed by atoms with E-state index in [1.165, 1.54) is 21.3 Å². The van der Waals surface area contributed by atoms with Crippen LogP contribution in [-0.2, 0) is 41.6 Å². The zero-order valence-electron chi connectivity index (χ0n) is 12.4. The Labute approximate surface area is 122 Å². The van der Waals surface area contributed by atoms with Crippen LogP contribution in [0.15, 0.2) is 0 Å². The second-order valence-electron chi connectivity index (χ2n) is 3.24. The van der Waals surface area contributed by atoms with Gasteiger partial charge in [-0.1, -0.05) is 0 Å². The van der Waals surface area contributed by atoms with Gasteiger partial charge in [0.1, 0.15) is 12.3 Å². The molecule has 0 rings (SSSR count). The van der Waals surface area contributed by atoms with Crippen LogP contribution in [0.3, 0.4) is 0 Å². The first-order chi connectivity index (χ1) is 9.61. The Morgan fingerprint density at radius 2 is 1.14 bits per heavy atom. The molecule has 0 saturated carbocycles. The average molecular weight is 350 g/mol. The van der Waals surface area contributed by atoms with Crippen LogP contribution in [0, 0.1) is 0 Å². The van der Waals surface area contributed by atoms with Crippen LogP contribution in [0.5, 0.6) is 0 Å². The van der Waals surface area contributed by atoms with E-state index in [4.69, 9.17) is 5.11 Å². The van der Waals surface area contributed by atoms with Crippen molar-refractivity contribution in [3.05, 3.63) is 0 Å². The van der Waals surface area contributed by atoms with Gasteiger partial charge >= 0.3 is 27.1 Å². The van der Waals surface area contributed by atoms with E-state index in [1.54, 1.807) is 0 Å². The van der Waals surface area contributed by atoms with Crippen molar-refractivity contribution in [1.82, 2.24) is 0 Å². The molecule has 0 aliphatic carbocycles. The number of ether oxygens (including phenoxy) is 1. The average Bonchev–Trinajstić information content (AvgIpc) is 2.46. The molecule has 0 spiro atoms. The van der Waals surface area contributed by atoms with E-state index in [0.29, 0.717) is 0 Å². The van der Waals surface area contributed by atoms with Crippen molar-refractivity contribution in [2.45, 2.75) is 0 Å². The number of hydrogen-bond donors (Lipinski definition) is 1. The molecule has 0 fully saturated rings. The molecule has 0 aliphatic heterocycles. The van der Waals surface area contributed by atoms with E-state index in [0.717, 1.165) is 14.2 Å². The summed E-state index contributed by atoms with van der Waals surface area (Å²) in [5.41, 5.74) is 0. The molecule has 0 amide bonds. The quantitative estimate of drug-likeness (QED) is 0.502. The lowest BCUT2D eigenvalue weighted by atomic mass is 10.8. The van der Waals surface area contributed by atoms with Crippen LogP contribution in [-0.4, -0.2) is 64.9 Å². The van der Waals surface area contributed by atoms with Gasteiger partial charge in [-0.2, -0.15) is 0 Å². The summed E-state index contributed by atoms with van der Waals surface area (Å²) in [4.78, 5) is 20.6. The summed E-state index contributed by atoms with van der Waals surface area (Å²) >= 11 is 0. The molecule has 0 aromatic heterocycles. The Morgan fingerprint density at radius 1 is 0.810 bits per heavy atom. The van der Waals surface area contributed by atoms with Crippen molar-refractivity contribution in [1.29, 1.82) is 0 Å². The van der Waals surface area contributed by atoms with Crippen LogP contribution in [0.1, 0.15) is 0 Å². The maximum atomic E-state index is 11.2. The first kappa shape index (κ1) is 22.5. The third-order valence-corrected chi connectivity index (χ3v) is 5.52. The predicted octanol–water partition coefficient (Wildman–Crippen LogP) is 1.20. The first-order valence-corrected chi connectivity index (χ1v) is 8.77. The van der Waals surface area contributed by atoms with Gasteiger partial charge in [-0.3, -0.25) is 18.7 Å². The van der Waals surface area contributed by atoms with Gasteiger partial charge in [-0.25, -0.2) is 0 Å². The molecule has 0 aromatic carbocycles. The zero-order chi connectivity index (χ0) is 17.1. The molecule has 0 unspecified atom stereocenters. The summed E-state index contributed by atoms with van der Waals surface area (Å²) in [6, 6.07) is 0. The van der Waals surface area contributed by atoms with Crippen LogP contribution < -0.4 is 0 Å². The largest absolute Gasteiger partial charge is 0.481 e. The van der Waals surface area contributed by atoms with E-state index < -0.39 is 33.3 Å². The molecule has 0 heterocycles. The maximum absolute atomic E-state index is 11.2. The highest BCUT2D eigenvalue weighted by molar-refractivity contribution is 7.55. The Hall–Kier alpha value is -0.760. The fraction of sp³-hybridized carbons (Fsp3) is 0.778. The van der Waals surface area contributed by atoms with Crippen molar-refractivity contribution in [2.75, 3.05) is 47.9 Å². The molecule has 0 aliphatic rings. The maximum Gasteiger partial charge on any atom is 0.341 e. The summed E-state index contributed by atoms with van der Waals surface area (Å²) in [6.45, 7) is 0. The van der Waals surface area contributed by atoms with Gasteiger partial charge in [0.2, 0.25) is 0 Å². The number of esters is 1. The topological polar surface area (TPSA) is 135 Å². The second kappa shape index (κ2) is 10.9. The Morgan fingerprint density at radius 3 is 1.33 bits per heavy atom. The van der Waals surface area contributed by atoms with E-state index in [2.05, 4.69) is 22.8 Å². The van der Waals surface area contributed by atoms with Gasteiger partial charge in [-0.05, 0) is 0 Å². The number of hydrogen-bond acceptors (Lipinski definition) is 9. The lowest BCUT2D eigenvalue weighted by Crippen LogP contribution is -2.08. The zero-order valence-corrected chi connectivity index (χ0v) is 14.2. The third kappa shape index (κ3) is 10.6. The highest BCUT2D eigenvalue weighted by Gasteiger charge is 2.26. The molecular formula is C9H20O10P2. The Kier molecular flexibility index (Phi) is 11.7. The lowest BCUT2D eigenvalue weighted by Gasteiger charge is -2.10. The third-order valence-electron chi connectivity index (χ3n) is 1.99. The van der Waals surface area contributed by atoms with E-state index in [9.17, 15) is 18.7 Å². The molecule has 0 atom stereocenters. The summed E-state index contributed by atoms with van der Waals surface area (Å²) < 4.78 is 44.1. The number of methoxy groups -OCH3 is 1. The van der Waals surface area contributed by atoms with Gasteiger partial charge < -0.3 is 27.9 Å². The summed E-state index contributed by atoms with van der Waals surface area (Å²) in [5.74, 6) is -1.82. The van der Waals surface area contributed by atoms with Crippen LogP contribution in [0.4, 0.5) is 0 Å². The molecule has 12 heteroatoms. The minimum atomic E-state index is -3.34. The fourth-order valence-electron chi connectivity index (χ4n) is 0.796. The Bertz CT molecular complexity index is 405. The van der Waals surface area contributed by atoms with E-state index >= 15 is 0 Å². The number of rotatable bonds is 8. The van der Waals surface area contributed by atoms with Crippen molar-refractivity contribution in [2.24, 2.45) is 0 Å².